The standard InChI is InChI=1S/C22H25BO3/c1-21(2)22(3,4)26-23(25-21)19-16-14-10-11-15(12-14)17(16)20(24)18(19)13-8-6-5-7-9-13/h5-11,14-17H,12H2,1-4H3/t14-,15+,16+,17-/m0/s1. The molecule has 0 aromatic heterocycles. The molecule has 26 heavy (non-hydrogen) atoms. The van der Waals surface area contributed by atoms with Gasteiger partial charge in [0.25, 0.3) is 0 Å². The van der Waals surface area contributed by atoms with E-state index in [4.69, 9.17) is 9.31 Å². The van der Waals surface area contributed by atoms with Crippen molar-refractivity contribution in [1.29, 1.82) is 0 Å². The minimum absolute atomic E-state index is 0.0641. The number of hydrogen-bond donors (Lipinski definition) is 0. The molecule has 3 aliphatic carbocycles. The molecular formula is C22H25BO3. The van der Waals surface area contributed by atoms with Crippen LogP contribution in [-0.4, -0.2) is 24.1 Å². The Balaban J connectivity index is 1.66. The maximum absolute atomic E-state index is 13.5. The summed E-state index contributed by atoms with van der Waals surface area (Å²) >= 11 is 0. The average Bonchev–Trinajstić information content (AvgIpc) is 3.30. The molecule has 1 saturated heterocycles. The first-order valence-corrected chi connectivity index (χ1v) is 9.68. The lowest BCUT2D eigenvalue weighted by Gasteiger charge is -2.32. The van der Waals surface area contributed by atoms with Gasteiger partial charge in [-0.25, -0.2) is 0 Å². The molecular weight excluding hydrogens is 323 g/mol. The summed E-state index contributed by atoms with van der Waals surface area (Å²) in [5.41, 5.74) is 2.12. The van der Waals surface area contributed by atoms with Gasteiger partial charge in [-0.2, -0.15) is 0 Å². The summed E-state index contributed by atoms with van der Waals surface area (Å²) in [4.78, 5) is 13.5. The van der Waals surface area contributed by atoms with Crippen LogP contribution in [0.2, 0.25) is 0 Å². The first-order chi connectivity index (χ1) is 12.3. The Morgan fingerprint density at radius 3 is 2.12 bits per heavy atom. The number of benzene rings is 1. The Morgan fingerprint density at radius 1 is 0.923 bits per heavy atom. The van der Waals surface area contributed by atoms with E-state index >= 15 is 0 Å². The van der Waals surface area contributed by atoms with Gasteiger partial charge < -0.3 is 9.31 Å². The number of hydrogen-bond acceptors (Lipinski definition) is 3. The van der Waals surface area contributed by atoms with Gasteiger partial charge >= 0.3 is 7.12 Å². The van der Waals surface area contributed by atoms with Crippen molar-refractivity contribution in [2.24, 2.45) is 23.7 Å². The highest BCUT2D eigenvalue weighted by molar-refractivity contribution is 6.59. The number of allylic oxidation sites excluding steroid dienone is 4. The molecule has 1 aliphatic heterocycles. The maximum atomic E-state index is 13.5. The number of carbonyl (C=O) groups is 1. The number of ketones is 1. The van der Waals surface area contributed by atoms with E-state index < -0.39 is 18.3 Å². The molecule has 4 heteroatoms. The highest BCUT2D eigenvalue weighted by Gasteiger charge is 2.62. The molecule has 2 fully saturated rings. The average molecular weight is 348 g/mol. The van der Waals surface area contributed by atoms with E-state index in [9.17, 15) is 4.79 Å². The molecule has 0 amide bonds. The van der Waals surface area contributed by atoms with Gasteiger partial charge in [0.15, 0.2) is 5.78 Å². The van der Waals surface area contributed by atoms with Crippen molar-refractivity contribution < 1.29 is 14.1 Å². The number of fused-ring (bicyclic) bond motifs is 5. The third-order valence-corrected chi connectivity index (χ3v) is 7.23. The zero-order valence-corrected chi connectivity index (χ0v) is 15.9. The van der Waals surface area contributed by atoms with Crippen LogP contribution in [0.5, 0.6) is 0 Å². The summed E-state index contributed by atoms with van der Waals surface area (Å²) < 4.78 is 12.8. The Kier molecular flexibility index (Phi) is 3.31. The van der Waals surface area contributed by atoms with E-state index in [2.05, 4.69) is 39.8 Å². The Labute approximate surface area is 155 Å². The molecule has 3 nitrogen and oxygen atoms in total. The fraction of sp³-hybridized carbons (Fsp3) is 0.500. The zero-order chi connectivity index (χ0) is 18.3. The normalized spacial score (nSPS) is 36.3. The van der Waals surface area contributed by atoms with Gasteiger partial charge in [0, 0.05) is 11.5 Å². The molecule has 0 N–H and O–H groups in total. The van der Waals surface area contributed by atoms with Crippen molar-refractivity contribution in [3.63, 3.8) is 0 Å². The number of Topliss-reactive ketones (excluding diaryl/α,β-unsaturated/α-hetero) is 1. The summed E-state index contributed by atoms with van der Waals surface area (Å²) in [6, 6.07) is 10.1. The molecule has 1 saturated carbocycles. The van der Waals surface area contributed by atoms with Gasteiger partial charge in [0.05, 0.1) is 11.2 Å². The van der Waals surface area contributed by atoms with Crippen LogP contribution in [0.4, 0.5) is 0 Å². The van der Waals surface area contributed by atoms with Crippen molar-refractivity contribution >= 4 is 18.5 Å². The van der Waals surface area contributed by atoms with Crippen molar-refractivity contribution in [2.45, 2.75) is 45.3 Å². The summed E-state index contributed by atoms with van der Waals surface area (Å²) in [6.07, 6.45) is 5.64. The van der Waals surface area contributed by atoms with E-state index in [1.807, 2.05) is 30.3 Å². The third kappa shape index (κ3) is 2.06. The molecule has 134 valence electrons. The monoisotopic (exact) mass is 348 g/mol. The predicted octanol–water partition coefficient (Wildman–Crippen LogP) is 4.09. The molecule has 4 atom stereocenters. The number of rotatable bonds is 2. The largest absolute Gasteiger partial charge is 0.491 e. The van der Waals surface area contributed by atoms with Gasteiger partial charge in [-0.15, -0.1) is 0 Å². The van der Waals surface area contributed by atoms with Crippen molar-refractivity contribution in [3.8, 4) is 0 Å². The molecule has 1 aromatic rings. The first kappa shape index (κ1) is 16.5. The summed E-state index contributed by atoms with van der Waals surface area (Å²) in [5.74, 6) is 1.37. The molecule has 1 heterocycles. The molecule has 1 aromatic carbocycles. The summed E-state index contributed by atoms with van der Waals surface area (Å²) in [5, 5.41) is 0. The number of carbonyl (C=O) groups excluding carboxylic acids is 1. The Hall–Kier alpha value is -1.65. The molecule has 2 bridgehead atoms. The minimum Gasteiger partial charge on any atom is -0.400 e. The molecule has 4 aliphatic rings. The summed E-state index contributed by atoms with van der Waals surface area (Å²) in [7, 11) is -0.443. The second kappa shape index (κ2) is 5.20. The second-order valence-corrected chi connectivity index (χ2v) is 9.15. The molecule has 5 rings (SSSR count). The smallest absolute Gasteiger partial charge is 0.400 e. The van der Waals surface area contributed by atoms with Crippen LogP contribution >= 0.6 is 0 Å². The van der Waals surface area contributed by atoms with Gasteiger partial charge in [-0.05, 0) is 62.9 Å². The third-order valence-electron chi connectivity index (χ3n) is 7.23. The van der Waals surface area contributed by atoms with Gasteiger partial charge in [0.2, 0.25) is 0 Å². The van der Waals surface area contributed by atoms with Crippen LogP contribution in [0.15, 0.2) is 48.0 Å². The van der Waals surface area contributed by atoms with Crippen LogP contribution < -0.4 is 0 Å². The van der Waals surface area contributed by atoms with Crippen LogP contribution in [0.3, 0.4) is 0 Å². The van der Waals surface area contributed by atoms with E-state index in [0.29, 0.717) is 11.8 Å². The van der Waals surface area contributed by atoms with Crippen LogP contribution in [0.25, 0.3) is 5.57 Å². The Bertz CT molecular complexity index is 820. The van der Waals surface area contributed by atoms with Crippen LogP contribution in [0.1, 0.15) is 39.7 Å². The lowest BCUT2D eigenvalue weighted by molar-refractivity contribution is -0.117. The van der Waals surface area contributed by atoms with Gasteiger partial charge in [-0.3, -0.25) is 4.79 Å². The highest BCUT2D eigenvalue weighted by Crippen LogP contribution is 2.59. The summed E-state index contributed by atoms with van der Waals surface area (Å²) in [6.45, 7) is 8.30. The lowest BCUT2D eigenvalue weighted by Crippen LogP contribution is -2.41. The highest BCUT2D eigenvalue weighted by atomic mass is 16.7. The van der Waals surface area contributed by atoms with E-state index in [-0.39, 0.29) is 17.6 Å². The quantitative estimate of drug-likeness (QED) is 0.596. The van der Waals surface area contributed by atoms with E-state index in [1.54, 1.807) is 0 Å². The van der Waals surface area contributed by atoms with E-state index in [0.717, 1.165) is 23.0 Å². The lowest BCUT2D eigenvalue weighted by atomic mass is 9.66. The van der Waals surface area contributed by atoms with Crippen molar-refractivity contribution in [2.75, 3.05) is 0 Å². The second-order valence-electron chi connectivity index (χ2n) is 9.15. The fourth-order valence-electron chi connectivity index (χ4n) is 5.24. The fourth-order valence-corrected chi connectivity index (χ4v) is 5.24. The predicted molar refractivity (Wildman–Crippen MR) is 102 cm³/mol. The van der Waals surface area contributed by atoms with E-state index in [1.165, 1.54) is 0 Å². The zero-order valence-electron chi connectivity index (χ0n) is 15.9. The van der Waals surface area contributed by atoms with Crippen molar-refractivity contribution in [1.82, 2.24) is 0 Å². The van der Waals surface area contributed by atoms with Crippen molar-refractivity contribution in [3.05, 3.63) is 53.5 Å². The van der Waals surface area contributed by atoms with Gasteiger partial charge in [0.1, 0.15) is 0 Å². The van der Waals surface area contributed by atoms with Gasteiger partial charge in [-0.1, -0.05) is 42.5 Å². The first-order valence-electron chi connectivity index (χ1n) is 9.68. The van der Waals surface area contributed by atoms with Crippen LogP contribution in [0, 0.1) is 23.7 Å². The molecule has 0 spiro atoms. The SMILES string of the molecule is CC1(C)OB(C2=C(c3ccccc3)C(=O)[C@@H]3[C@H]2[C@H]2C=C[C@@H]3C2)OC1(C)C. The molecule has 0 radical (unpaired) electrons. The topological polar surface area (TPSA) is 35.5 Å². The molecule has 0 unspecified atom stereocenters. The minimum atomic E-state index is -0.443. The maximum Gasteiger partial charge on any atom is 0.491 e. The van der Waals surface area contributed by atoms with Crippen LogP contribution in [-0.2, 0) is 14.1 Å². The Morgan fingerprint density at radius 2 is 1.50 bits per heavy atom.